The maximum Gasteiger partial charge on any atom is 0.417 e. The fourth-order valence-corrected chi connectivity index (χ4v) is 2.82. The topological polar surface area (TPSA) is 154 Å². The molecule has 2 atom stereocenters. The fraction of sp³-hybridized carbons (Fsp3) is 0.278. The number of carbonyl (C=O) groups is 4. The Morgan fingerprint density at radius 3 is 2.62 bits per heavy atom. The van der Waals surface area contributed by atoms with Crippen LogP contribution in [0.1, 0.15) is 11.3 Å². The Balaban J connectivity index is 1.82. The first kappa shape index (κ1) is 19.9. The Hall–Kier alpha value is -3.89. The Morgan fingerprint density at radius 1 is 1.28 bits per heavy atom. The van der Waals surface area contributed by atoms with Crippen LogP contribution in [0.3, 0.4) is 0 Å². The van der Waals surface area contributed by atoms with Gasteiger partial charge in [0.1, 0.15) is 18.7 Å². The molecule has 2 aromatic rings. The predicted octanol–water partition coefficient (Wildman–Crippen LogP) is 0.252. The van der Waals surface area contributed by atoms with E-state index in [1.165, 1.54) is 12.5 Å². The highest BCUT2D eigenvalue weighted by Crippen LogP contribution is 2.14. The molecule has 0 spiro atoms. The lowest BCUT2D eigenvalue weighted by molar-refractivity contribution is -0.149. The van der Waals surface area contributed by atoms with Crippen molar-refractivity contribution in [2.45, 2.75) is 25.1 Å². The number of H-pyrrole nitrogens is 1. The lowest BCUT2D eigenvalue weighted by Gasteiger charge is -2.28. The number of aromatic amines is 1. The lowest BCUT2D eigenvalue weighted by atomic mass is 10.1. The number of carboxylic acids is 1. The number of amides is 4. The summed E-state index contributed by atoms with van der Waals surface area (Å²) in [5.41, 5.74) is 1.02. The first-order chi connectivity index (χ1) is 14.0. The van der Waals surface area contributed by atoms with Crippen molar-refractivity contribution in [3.63, 3.8) is 0 Å². The molecule has 0 aliphatic carbocycles. The molecule has 1 unspecified atom stereocenters. The largest absolute Gasteiger partial charge is 0.480 e. The summed E-state index contributed by atoms with van der Waals surface area (Å²) in [5.74, 6) is -2.29. The number of aromatic nitrogens is 2. The molecule has 2 heterocycles. The average Bonchev–Trinajstić information content (AvgIpc) is 3.38. The molecule has 1 aromatic heterocycles. The number of benzene rings is 1. The zero-order valence-corrected chi connectivity index (χ0v) is 15.2. The summed E-state index contributed by atoms with van der Waals surface area (Å²) in [6.45, 7) is -0.220. The standard InChI is InChI=1S/C18H19N5O6/c24-15(13-8-20-17(27)22-13)23(14(16(25)26)6-12-7-19-10-21-12)18(28)29-9-11-4-2-1-3-5-11/h1-5,7,10,13-14H,6,8-9H2,(H,19,21)(H,25,26)(H2,20,22,27)/t13?,14-/m0/s1. The van der Waals surface area contributed by atoms with Gasteiger partial charge in [-0.3, -0.25) is 4.79 Å². The molecule has 1 aliphatic rings. The highest BCUT2D eigenvalue weighted by atomic mass is 16.6. The van der Waals surface area contributed by atoms with Crippen molar-refractivity contribution in [3.05, 3.63) is 54.1 Å². The van der Waals surface area contributed by atoms with Crippen LogP contribution in [0.25, 0.3) is 0 Å². The van der Waals surface area contributed by atoms with Gasteiger partial charge in [-0.1, -0.05) is 30.3 Å². The van der Waals surface area contributed by atoms with Gasteiger partial charge < -0.3 is 25.5 Å². The first-order valence-electron chi connectivity index (χ1n) is 8.74. The molecular formula is C18H19N5O6. The van der Waals surface area contributed by atoms with Crippen LogP contribution in [0.4, 0.5) is 9.59 Å². The second kappa shape index (κ2) is 8.87. The highest BCUT2D eigenvalue weighted by Gasteiger charge is 2.41. The van der Waals surface area contributed by atoms with E-state index in [0.29, 0.717) is 16.2 Å². The summed E-state index contributed by atoms with van der Waals surface area (Å²) in [6, 6.07) is 5.51. The van der Waals surface area contributed by atoms with Crippen molar-refractivity contribution < 1.29 is 29.0 Å². The third-order valence-electron chi connectivity index (χ3n) is 4.26. The van der Waals surface area contributed by atoms with Crippen molar-refractivity contribution in [1.29, 1.82) is 0 Å². The van der Waals surface area contributed by atoms with Gasteiger partial charge in [-0.05, 0) is 5.56 Å². The van der Waals surface area contributed by atoms with E-state index in [2.05, 4.69) is 20.6 Å². The Morgan fingerprint density at radius 2 is 2.03 bits per heavy atom. The number of imidazole rings is 1. The maximum atomic E-state index is 12.9. The summed E-state index contributed by atoms with van der Waals surface area (Å²) in [7, 11) is 0. The second-order valence-corrected chi connectivity index (χ2v) is 6.27. The van der Waals surface area contributed by atoms with Gasteiger partial charge in [0.25, 0.3) is 5.91 Å². The van der Waals surface area contributed by atoms with Gasteiger partial charge in [0.2, 0.25) is 0 Å². The molecule has 1 aromatic carbocycles. The van der Waals surface area contributed by atoms with Crippen LogP contribution >= 0.6 is 0 Å². The highest BCUT2D eigenvalue weighted by molar-refractivity contribution is 6.01. The van der Waals surface area contributed by atoms with Crippen LogP contribution in [-0.2, 0) is 27.4 Å². The molecule has 1 aliphatic heterocycles. The van der Waals surface area contributed by atoms with E-state index in [1.807, 2.05) is 0 Å². The molecule has 3 rings (SSSR count). The zero-order chi connectivity index (χ0) is 20.8. The number of hydrogen-bond donors (Lipinski definition) is 4. The Kier molecular flexibility index (Phi) is 6.07. The Labute approximate surface area is 165 Å². The number of nitrogens with zero attached hydrogens (tertiary/aromatic N) is 2. The quantitative estimate of drug-likeness (QED) is 0.519. The van der Waals surface area contributed by atoms with Crippen LogP contribution in [0.2, 0.25) is 0 Å². The van der Waals surface area contributed by atoms with Crippen LogP contribution in [0.15, 0.2) is 42.9 Å². The van der Waals surface area contributed by atoms with Crippen molar-refractivity contribution >= 4 is 24.0 Å². The maximum absolute atomic E-state index is 12.9. The molecule has 1 fully saturated rings. The number of nitrogens with one attached hydrogen (secondary N) is 3. The third-order valence-corrected chi connectivity index (χ3v) is 4.26. The minimum atomic E-state index is -1.56. The zero-order valence-electron chi connectivity index (χ0n) is 15.2. The number of imide groups is 1. The van der Waals surface area contributed by atoms with Gasteiger partial charge in [0.05, 0.1) is 12.0 Å². The SMILES string of the molecule is O=C1NCC(C(=O)N(C(=O)OCc2ccccc2)[C@@H](Cc2c[nH]cn2)C(=O)O)N1. The van der Waals surface area contributed by atoms with E-state index in [1.54, 1.807) is 30.3 Å². The summed E-state index contributed by atoms with van der Waals surface area (Å²) < 4.78 is 5.19. The van der Waals surface area contributed by atoms with Crippen molar-refractivity contribution in [2.75, 3.05) is 6.54 Å². The molecule has 11 heteroatoms. The van der Waals surface area contributed by atoms with Crippen LogP contribution < -0.4 is 10.6 Å². The fourth-order valence-electron chi connectivity index (χ4n) is 2.82. The minimum absolute atomic E-state index is 0.0745. The third kappa shape index (κ3) is 4.89. The molecule has 152 valence electrons. The molecule has 29 heavy (non-hydrogen) atoms. The van der Waals surface area contributed by atoms with E-state index in [9.17, 15) is 24.3 Å². The van der Waals surface area contributed by atoms with Crippen LogP contribution in [0, 0.1) is 0 Å². The monoisotopic (exact) mass is 401 g/mol. The van der Waals surface area contributed by atoms with Gasteiger partial charge in [0.15, 0.2) is 0 Å². The lowest BCUT2D eigenvalue weighted by Crippen LogP contribution is -2.55. The second-order valence-electron chi connectivity index (χ2n) is 6.27. The normalized spacial score (nSPS) is 16.4. The van der Waals surface area contributed by atoms with Gasteiger partial charge in [-0.25, -0.2) is 24.3 Å². The first-order valence-corrected chi connectivity index (χ1v) is 8.74. The number of ether oxygens (including phenoxy) is 1. The van der Waals surface area contributed by atoms with E-state index in [-0.39, 0.29) is 19.6 Å². The molecule has 0 bridgehead atoms. The molecular weight excluding hydrogens is 382 g/mol. The van der Waals surface area contributed by atoms with Crippen molar-refractivity contribution in [3.8, 4) is 0 Å². The molecule has 0 radical (unpaired) electrons. The number of aliphatic carboxylic acids is 1. The summed E-state index contributed by atoms with van der Waals surface area (Å²) in [4.78, 5) is 56.1. The number of carboxylic acid groups (broad SMARTS) is 1. The molecule has 4 N–H and O–H groups in total. The van der Waals surface area contributed by atoms with Gasteiger partial charge in [0, 0.05) is 19.2 Å². The average molecular weight is 401 g/mol. The molecule has 0 saturated carbocycles. The number of hydrogen-bond acceptors (Lipinski definition) is 6. The molecule has 1 saturated heterocycles. The summed E-state index contributed by atoms with van der Waals surface area (Å²) in [5, 5.41) is 14.4. The van der Waals surface area contributed by atoms with E-state index in [0.717, 1.165) is 0 Å². The number of urea groups is 1. The van der Waals surface area contributed by atoms with Crippen LogP contribution in [-0.4, -0.2) is 62.6 Å². The van der Waals surface area contributed by atoms with E-state index < -0.39 is 36.1 Å². The molecule has 11 nitrogen and oxygen atoms in total. The smallest absolute Gasteiger partial charge is 0.417 e. The summed E-state index contributed by atoms with van der Waals surface area (Å²) >= 11 is 0. The van der Waals surface area contributed by atoms with E-state index in [4.69, 9.17) is 4.74 Å². The number of carbonyl (C=O) groups excluding carboxylic acids is 3. The van der Waals surface area contributed by atoms with Gasteiger partial charge >= 0.3 is 18.1 Å². The van der Waals surface area contributed by atoms with Crippen LogP contribution in [0.5, 0.6) is 0 Å². The predicted molar refractivity (Wildman–Crippen MR) is 97.5 cm³/mol. The van der Waals surface area contributed by atoms with Crippen molar-refractivity contribution in [1.82, 2.24) is 25.5 Å². The van der Waals surface area contributed by atoms with Crippen molar-refractivity contribution in [2.24, 2.45) is 0 Å². The number of rotatable bonds is 7. The van der Waals surface area contributed by atoms with Gasteiger partial charge in [-0.15, -0.1) is 0 Å². The van der Waals surface area contributed by atoms with Gasteiger partial charge in [-0.2, -0.15) is 0 Å². The minimum Gasteiger partial charge on any atom is -0.480 e. The van der Waals surface area contributed by atoms with E-state index >= 15 is 0 Å². The molecule has 4 amide bonds. The Bertz CT molecular complexity index is 885. The summed E-state index contributed by atoms with van der Waals surface area (Å²) in [6.07, 6.45) is 1.48.